The fourth-order valence-electron chi connectivity index (χ4n) is 1.59. The van der Waals surface area contributed by atoms with Crippen molar-refractivity contribution < 1.29 is 9.90 Å². The highest BCUT2D eigenvalue weighted by Crippen LogP contribution is 2.08. The number of rotatable bonds is 3. The predicted octanol–water partition coefficient (Wildman–Crippen LogP) is 0.598. The summed E-state index contributed by atoms with van der Waals surface area (Å²) in [4.78, 5) is 12.3. The highest BCUT2D eigenvalue weighted by molar-refractivity contribution is 5.85. The summed E-state index contributed by atoms with van der Waals surface area (Å²) in [6, 6.07) is 0.447. The molecule has 0 atom stereocenters. The Morgan fingerprint density at radius 3 is 2.36 bits per heavy atom. The summed E-state index contributed by atoms with van der Waals surface area (Å²) in [6.07, 6.45) is 2.12. The quantitative estimate of drug-likeness (QED) is 0.764. The van der Waals surface area contributed by atoms with Crippen LogP contribution in [0.15, 0.2) is 0 Å². The summed E-state index contributed by atoms with van der Waals surface area (Å²) in [5.74, 6) is -0.740. The first-order valence-corrected chi connectivity index (χ1v) is 4.33. The van der Waals surface area contributed by atoms with Crippen LogP contribution in [0.5, 0.6) is 0 Å². The first-order valence-electron chi connectivity index (χ1n) is 4.33. The van der Waals surface area contributed by atoms with Crippen LogP contribution in [0.25, 0.3) is 0 Å². The molecule has 14 heavy (non-hydrogen) atoms. The molecule has 0 bridgehead atoms. The molecular weight excluding hydrogens is 227 g/mol. The molecule has 0 spiro atoms. The van der Waals surface area contributed by atoms with E-state index in [0.29, 0.717) is 6.04 Å². The van der Waals surface area contributed by atoms with Crippen LogP contribution in [0, 0.1) is 0 Å². The molecule has 86 valence electrons. The Balaban J connectivity index is 0. The van der Waals surface area contributed by atoms with Gasteiger partial charge in [-0.2, -0.15) is 0 Å². The smallest absolute Gasteiger partial charge is 0.317 e. The highest BCUT2D eigenvalue weighted by Gasteiger charge is 2.18. The van der Waals surface area contributed by atoms with E-state index in [9.17, 15) is 4.79 Å². The molecule has 0 aromatic rings. The number of likely N-dealkylation sites (N-methyl/N-ethyl adjacent to an activating group) is 1. The van der Waals surface area contributed by atoms with E-state index in [4.69, 9.17) is 5.11 Å². The molecule has 1 aliphatic heterocycles. The Labute approximate surface area is 96.9 Å². The minimum absolute atomic E-state index is 0. The summed E-state index contributed by atoms with van der Waals surface area (Å²) in [5, 5.41) is 11.8. The lowest BCUT2D eigenvalue weighted by Gasteiger charge is -2.30. The van der Waals surface area contributed by atoms with Crippen molar-refractivity contribution in [2.24, 2.45) is 0 Å². The fraction of sp³-hybridized carbons (Fsp3) is 0.875. The van der Waals surface area contributed by atoms with Gasteiger partial charge < -0.3 is 10.4 Å². The van der Waals surface area contributed by atoms with Crippen molar-refractivity contribution >= 4 is 30.8 Å². The van der Waals surface area contributed by atoms with Gasteiger partial charge in [0.25, 0.3) is 0 Å². The van der Waals surface area contributed by atoms with E-state index in [1.807, 2.05) is 11.9 Å². The number of nitrogens with one attached hydrogen (secondary N) is 1. The van der Waals surface area contributed by atoms with Gasteiger partial charge in [-0.3, -0.25) is 9.69 Å². The molecule has 0 aromatic heterocycles. The van der Waals surface area contributed by atoms with Crippen molar-refractivity contribution in [1.29, 1.82) is 0 Å². The van der Waals surface area contributed by atoms with Crippen molar-refractivity contribution in [3.8, 4) is 0 Å². The van der Waals surface area contributed by atoms with Crippen LogP contribution < -0.4 is 5.32 Å². The third-order valence-electron chi connectivity index (χ3n) is 2.32. The standard InChI is InChI=1S/C8H16N2O2.2ClH/c1-10(6-8(11)12)7-2-4-9-5-3-7;;/h7,9H,2-6H2,1H3,(H,11,12);2*1H. The number of nitrogens with zero attached hydrogens (tertiary/aromatic N) is 1. The monoisotopic (exact) mass is 244 g/mol. The maximum Gasteiger partial charge on any atom is 0.317 e. The van der Waals surface area contributed by atoms with Gasteiger partial charge in [0.15, 0.2) is 0 Å². The Bertz CT molecular complexity index is 163. The van der Waals surface area contributed by atoms with E-state index in [1.54, 1.807) is 0 Å². The molecule has 1 saturated heterocycles. The van der Waals surface area contributed by atoms with Gasteiger partial charge >= 0.3 is 5.97 Å². The van der Waals surface area contributed by atoms with Gasteiger partial charge in [0.2, 0.25) is 0 Å². The van der Waals surface area contributed by atoms with Gasteiger partial charge in [0.1, 0.15) is 0 Å². The molecule has 4 nitrogen and oxygen atoms in total. The Morgan fingerprint density at radius 2 is 1.93 bits per heavy atom. The van der Waals surface area contributed by atoms with Crippen LogP contribution >= 0.6 is 24.8 Å². The zero-order valence-corrected chi connectivity index (χ0v) is 9.87. The Morgan fingerprint density at radius 1 is 1.43 bits per heavy atom. The number of halogens is 2. The molecular formula is C8H18Cl2N2O2. The SMILES string of the molecule is CN(CC(=O)O)C1CCNCC1.Cl.Cl. The number of carboxylic acids is 1. The topological polar surface area (TPSA) is 52.6 Å². The molecule has 1 rings (SSSR count). The molecule has 2 N–H and O–H groups in total. The molecule has 0 amide bonds. The molecule has 1 heterocycles. The molecule has 0 radical (unpaired) electrons. The van der Waals surface area contributed by atoms with E-state index in [-0.39, 0.29) is 31.4 Å². The molecule has 0 aromatic carbocycles. The van der Waals surface area contributed by atoms with E-state index < -0.39 is 5.97 Å². The van der Waals surface area contributed by atoms with E-state index >= 15 is 0 Å². The second-order valence-electron chi connectivity index (χ2n) is 3.29. The zero-order chi connectivity index (χ0) is 8.97. The van der Waals surface area contributed by atoms with Crippen LogP contribution in [-0.2, 0) is 4.79 Å². The van der Waals surface area contributed by atoms with Crippen molar-refractivity contribution in [3.05, 3.63) is 0 Å². The maximum absolute atomic E-state index is 10.4. The lowest BCUT2D eigenvalue weighted by atomic mass is 10.1. The summed E-state index contributed by atoms with van der Waals surface area (Å²) < 4.78 is 0. The second kappa shape index (κ2) is 8.29. The number of carbonyl (C=O) groups is 1. The highest BCUT2D eigenvalue weighted by atomic mass is 35.5. The van der Waals surface area contributed by atoms with Gasteiger partial charge in [-0.05, 0) is 33.0 Å². The second-order valence-corrected chi connectivity index (χ2v) is 3.29. The van der Waals surface area contributed by atoms with Crippen LogP contribution in [0.2, 0.25) is 0 Å². The summed E-state index contributed by atoms with van der Waals surface area (Å²) in [7, 11) is 1.88. The number of hydrogen-bond donors (Lipinski definition) is 2. The largest absolute Gasteiger partial charge is 0.480 e. The minimum atomic E-state index is -0.740. The van der Waals surface area contributed by atoms with Crippen LogP contribution in [0.1, 0.15) is 12.8 Å². The van der Waals surface area contributed by atoms with Gasteiger partial charge in [-0.25, -0.2) is 0 Å². The lowest BCUT2D eigenvalue weighted by molar-refractivity contribution is -0.138. The molecule has 1 fully saturated rings. The van der Waals surface area contributed by atoms with Crippen molar-refractivity contribution in [2.45, 2.75) is 18.9 Å². The summed E-state index contributed by atoms with van der Waals surface area (Å²) in [6.45, 7) is 2.17. The zero-order valence-electron chi connectivity index (χ0n) is 8.23. The van der Waals surface area contributed by atoms with Gasteiger partial charge in [0, 0.05) is 6.04 Å². The molecule has 0 unspecified atom stereocenters. The van der Waals surface area contributed by atoms with Gasteiger partial charge in [0.05, 0.1) is 6.54 Å². The normalized spacial score (nSPS) is 17.0. The first kappa shape index (κ1) is 16.4. The van der Waals surface area contributed by atoms with Crippen molar-refractivity contribution in [2.75, 3.05) is 26.7 Å². The summed E-state index contributed by atoms with van der Waals surface area (Å²) >= 11 is 0. The Kier molecular flexibility index (Phi) is 9.72. The predicted molar refractivity (Wildman–Crippen MR) is 60.7 cm³/mol. The third-order valence-corrected chi connectivity index (χ3v) is 2.32. The van der Waals surface area contributed by atoms with Crippen LogP contribution in [0.3, 0.4) is 0 Å². The number of carboxylic acid groups (broad SMARTS) is 1. The Hall–Kier alpha value is -0.0300. The van der Waals surface area contributed by atoms with Gasteiger partial charge in [-0.1, -0.05) is 0 Å². The molecule has 0 saturated carbocycles. The minimum Gasteiger partial charge on any atom is -0.480 e. The number of hydrogen-bond acceptors (Lipinski definition) is 3. The average Bonchev–Trinajstić information content (AvgIpc) is 2.05. The van der Waals surface area contributed by atoms with Crippen molar-refractivity contribution in [1.82, 2.24) is 10.2 Å². The van der Waals surface area contributed by atoms with Crippen LogP contribution in [0.4, 0.5) is 0 Å². The van der Waals surface area contributed by atoms with Gasteiger partial charge in [-0.15, -0.1) is 24.8 Å². The first-order chi connectivity index (χ1) is 5.70. The lowest BCUT2D eigenvalue weighted by Crippen LogP contribution is -2.43. The third kappa shape index (κ3) is 5.65. The fourth-order valence-corrected chi connectivity index (χ4v) is 1.59. The molecule has 6 heteroatoms. The van der Waals surface area contributed by atoms with Crippen molar-refractivity contribution in [3.63, 3.8) is 0 Å². The van der Waals surface area contributed by atoms with E-state index in [1.165, 1.54) is 0 Å². The van der Waals surface area contributed by atoms with E-state index in [2.05, 4.69) is 5.32 Å². The summed E-state index contributed by atoms with van der Waals surface area (Å²) in [5.41, 5.74) is 0. The van der Waals surface area contributed by atoms with Crippen LogP contribution in [-0.4, -0.2) is 48.7 Å². The number of piperidine rings is 1. The molecule has 1 aliphatic rings. The van der Waals surface area contributed by atoms with E-state index in [0.717, 1.165) is 25.9 Å². The maximum atomic E-state index is 10.4. The molecule has 0 aliphatic carbocycles. The average molecular weight is 245 g/mol. The number of aliphatic carboxylic acids is 1.